The highest BCUT2D eigenvalue weighted by molar-refractivity contribution is 5.69. The average Bonchev–Trinajstić information content (AvgIpc) is 3.18. The highest BCUT2D eigenvalue weighted by atomic mass is 15.2. The fourth-order valence-electron chi connectivity index (χ4n) is 2.63. The molecule has 1 unspecified atom stereocenters. The van der Waals surface area contributed by atoms with E-state index in [9.17, 15) is 0 Å². The van der Waals surface area contributed by atoms with Gasteiger partial charge in [-0.25, -0.2) is 9.50 Å². The van der Waals surface area contributed by atoms with Gasteiger partial charge in [-0.15, -0.1) is 0 Å². The molecule has 0 saturated heterocycles. The number of aromatic nitrogens is 3. The summed E-state index contributed by atoms with van der Waals surface area (Å²) in [5.74, 6) is 1.95. The third kappa shape index (κ3) is 2.26. The van der Waals surface area contributed by atoms with Crippen molar-refractivity contribution in [1.82, 2.24) is 14.6 Å². The minimum Gasteiger partial charge on any atom is -0.362 e. The molecule has 0 aromatic carbocycles. The monoisotopic (exact) mass is 273 g/mol. The van der Waals surface area contributed by atoms with Crippen LogP contribution in [0.3, 0.4) is 0 Å². The highest BCUT2D eigenvalue weighted by Crippen LogP contribution is 2.41. The van der Waals surface area contributed by atoms with Gasteiger partial charge in [-0.1, -0.05) is 13.8 Å². The molecule has 3 N–H and O–H groups in total. The summed E-state index contributed by atoms with van der Waals surface area (Å²) < 4.78 is 1.90. The zero-order valence-electron chi connectivity index (χ0n) is 12.4. The molecule has 108 valence electrons. The van der Waals surface area contributed by atoms with Crippen molar-refractivity contribution < 1.29 is 0 Å². The lowest BCUT2D eigenvalue weighted by Gasteiger charge is -2.30. The van der Waals surface area contributed by atoms with Gasteiger partial charge >= 0.3 is 0 Å². The fourth-order valence-corrected chi connectivity index (χ4v) is 2.63. The zero-order chi connectivity index (χ0) is 14.3. The normalized spacial score (nSPS) is 18.4. The van der Waals surface area contributed by atoms with Crippen molar-refractivity contribution in [3.63, 3.8) is 0 Å². The Morgan fingerprint density at radius 1 is 1.50 bits per heavy atom. The SMILES string of the molecule is CC(C)c1cc2c(NC(C)(CN)C3CC3)nccn2n1. The molecule has 20 heavy (non-hydrogen) atoms. The van der Waals surface area contributed by atoms with E-state index in [0.29, 0.717) is 18.4 Å². The second kappa shape index (κ2) is 4.74. The molecular weight excluding hydrogens is 250 g/mol. The third-order valence-corrected chi connectivity index (χ3v) is 4.31. The number of nitrogens with zero attached hydrogens (tertiary/aromatic N) is 3. The van der Waals surface area contributed by atoms with Crippen LogP contribution >= 0.6 is 0 Å². The lowest BCUT2D eigenvalue weighted by atomic mass is 9.96. The molecule has 0 bridgehead atoms. The van der Waals surface area contributed by atoms with Gasteiger partial charge in [0.25, 0.3) is 0 Å². The van der Waals surface area contributed by atoms with Crippen molar-refractivity contribution in [2.75, 3.05) is 11.9 Å². The molecule has 5 heteroatoms. The number of nitrogens with two attached hydrogens (primary N) is 1. The molecule has 0 amide bonds. The van der Waals surface area contributed by atoms with Gasteiger partial charge in [0.1, 0.15) is 5.52 Å². The lowest BCUT2D eigenvalue weighted by molar-refractivity contribution is 0.458. The Morgan fingerprint density at radius 2 is 2.25 bits per heavy atom. The van der Waals surface area contributed by atoms with Gasteiger partial charge in [-0.3, -0.25) is 0 Å². The topological polar surface area (TPSA) is 68.2 Å². The Hall–Kier alpha value is -1.62. The first-order chi connectivity index (χ1) is 9.53. The Balaban J connectivity index is 1.98. The van der Waals surface area contributed by atoms with Gasteiger partial charge in [-0.2, -0.15) is 5.10 Å². The van der Waals surface area contributed by atoms with Crippen LogP contribution < -0.4 is 11.1 Å². The third-order valence-electron chi connectivity index (χ3n) is 4.31. The van der Waals surface area contributed by atoms with E-state index in [1.807, 2.05) is 10.7 Å². The molecule has 2 aromatic heterocycles. The van der Waals surface area contributed by atoms with Crippen LogP contribution in [-0.4, -0.2) is 26.7 Å². The Bertz CT molecular complexity index is 614. The van der Waals surface area contributed by atoms with Crippen LogP contribution in [0.4, 0.5) is 5.82 Å². The van der Waals surface area contributed by atoms with Crippen molar-refractivity contribution in [2.24, 2.45) is 11.7 Å². The molecule has 5 nitrogen and oxygen atoms in total. The maximum absolute atomic E-state index is 5.98. The minimum absolute atomic E-state index is 0.0723. The molecule has 1 aliphatic carbocycles. The molecule has 0 spiro atoms. The van der Waals surface area contributed by atoms with Crippen molar-refractivity contribution in [1.29, 1.82) is 0 Å². The van der Waals surface area contributed by atoms with Gasteiger partial charge < -0.3 is 11.1 Å². The predicted octanol–water partition coefficient (Wildman–Crippen LogP) is 2.39. The number of nitrogens with one attached hydrogen (secondary N) is 1. The Morgan fingerprint density at radius 3 is 2.85 bits per heavy atom. The van der Waals surface area contributed by atoms with E-state index in [2.05, 4.69) is 42.2 Å². The van der Waals surface area contributed by atoms with Crippen molar-refractivity contribution in [3.8, 4) is 0 Å². The maximum Gasteiger partial charge on any atom is 0.152 e. The minimum atomic E-state index is -0.0723. The maximum atomic E-state index is 5.98. The summed E-state index contributed by atoms with van der Waals surface area (Å²) in [6.45, 7) is 7.11. The Kier molecular flexibility index (Phi) is 3.17. The van der Waals surface area contributed by atoms with E-state index < -0.39 is 0 Å². The molecular formula is C15H23N5. The standard InChI is InChI=1S/C15H23N5/c1-10(2)12-8-13-14(17-6-7-20(13)19-12)18-15(3,9-16)11-4-5-11/h6-8,10-11H,4-5,9,16H2,1-3H3,(H,17,18). The largest absolute Gasteiger partial charge is 0.362 e. The molecule has 1 aliphatic rings. The van der Waals surface area contributed by atoms with Gasteiger partial charge in [0.15, 0.2) is 5.82 Å². The second-order valence-corrected chi connectivity index (χ2v) is 6.35. The molecule has 1 fully saturated rings. The first-order valence-electron chi connectivity index (χ1n) is 7.36. The summed E-state index contributed by atoms with van der Waals surface area (Å²) in [5.41, 5.74) is 8.02. The summed E-state index contributed by atoms with van der Waals surface area (Å²) in [4.78, 5) is 4.50. The van der Waals surface area contributed by atoms with Crippen LogP contribution in [0.5, 0.6) is 0 Å². The number of hydrogen-bond acceptors (Lipinski definition) is 4. The molecule has 2 aromatic rings. The van der Waals surface area contributed by atoms with Crippen LogP contribution in [0.2, 0.25) is 0 Å². The first kappa shape index (κ1) is 13.4. The van der Waals surface area contributed by atoms with Crippen LogP contribution in [0.1, 0.15) is 45.2 Å². The number of rotatable bonds is 5. The van der Waals surface area contributed by atoms with Crippen molar-refractivity contribution in [2.45, 2.75) is 45.1 Å². The second-order valence-electron chi connectivity index (χ2n) is 6.35. The van der Waals surface area contributed by atoms with Crippen LogP contribution in [0.25, 0.3) is 5.52 Å². The molecule has 0 aliphatic heterocycles. The summed E-state index contributed by atoms with van der Waals surface area (Å²) >= 11 is 0. The van der Waals surface area contributed by atoms with E-state index in [1.54, 1.807) is 6.20 Å². The van der Waals surface area contributed by atoms with E-state index >= 15 is 0 Å². The van der Waals surface area contributed by atoms with E-state index in [4.69, 9.17) is 5.73 Å². The van der Waals surface area contributed by atoms with Crippen molar-refractivity contribution in [3.05, 3.63) is 24.2 Å². The van der Waals surface area contributed by atoms with Gasteiger partial charge in [0.05, 0.1) is 11.2 Å². The zero-order valence-corrected chi connectivity index (χ0v) is 12.4. The van der Waals surface area contributed by atoms with Gasteiger partial charge in [0.2, 0.25) is 0 Å². The molecule has 1 atom stereocenters. The number of anilines is 1. The van der Waals surface area contributed by atoms with Crippen LogP contribution in [0, 0.1) is 5.92 Å². The summed E-state index contributed by atoms with van der Waals surface area (Å²) in [5, 5.41) is 8.16. The average molecular weight is 273 g/mol. The molecule has 2 heterocycles. The lowest BCUT2D eigenvalue weighted by Crippen LogP contribution is -2.45. The van der Waals surface area contributed by atoms with Gasteiger partial charge in [0, 0.05) is 18.9 Å². The van der Waals surface area contributed by atoms with Gasteiger partial charge in [-0.05, 0) is 37.7 Å². The molecule has 3 rings (SSSR count). The van der Waals surface area contributed by atoms with E-state index in [0.717, 1.165) is 17.0 Å². The van der Waals surface area contributed by atoms with Crippen molar-refractivity contribution >= 4 is 11.3 Å². The highest BCUT2D eigenvalue weighted by Gasteiger charge is 2.41. The first-order valence-corrected chi connectivity index (χ1v) is 7.36. The smallest absolute Gasteiger partial charge is 0.152 e. The fraction of sp³-hybridized carbons (Fsp3) is 0.600. The van der Waals surface area contributed by atoms with E-state index in [1.165, 1.54) is 12.8 Å². The molecule has 0 radical (unpaired) electrons. The predicted molar refractivity (Wildman–Crippen MR) is 80.9 cm³/mol. The van der Waals surface area contributed by atoms with Crippen LogP contribution in [0.15, 0.2) is 18.5 Å². The number of fused-ring (bicyclic) bond motifs is 1. The quantitative estimate of drug-likeness (QED) is 0.877. The van der Waals surface area contributed by atoms with Crippen LogP contribution in [-0.2, 0) is 0 Å². The Labute approximate surface area is 119 Å². The molecule has 1 saturated carbocycles. The summed E-state index contributed by atoms with van der Waals surface area (Å²) in [7, 11) is 0. The van der Waals surface area contributed by atoms with E-state index in [-0.39, 0.29) is 5.54 Å². The number of hydrogen-bond donors (Lipinski definition) is 2. The summed E-state index contributed by atoms with van der Waals surface area (Å²) in [6, 6.07) is 2.11. The summed E-state index contributed by atoms with van der Waals surface area (Å²) in [6.07, 6.45) is 6.18.